The minimum Gasteiger partial charge on any atom is -0.493 e. The average Bonchev–Trinajstić information content (AvgIpc) is 3.37. The number of methoxy groups -OCH3 is 1. The van der Waals surface area contributed by atoms with Gasteiger partial charge in [0.1, 0.15) is 0 Å². The summed E-state index contributed by atoms with van der Waals surface area (Å²) in [5.74, 6) is -0.668. The zero-order chi connectivity index (χ0) is 26.6. The molecule has 1 saturated carbocycles. The van der Waals surface area contributed by atoms with Crippen molar-refractivity contribution in [2.45, 2.75) is 63.2 Å². The van der Waals surface area contributed by atoms with Crippen LogP contribution in [-0.2, 0) is 6.54 Å². The highest BCUT2D eigenvalue weighted by molar-refractivity contribution is 8.14. The summed E-state index contributed by atoms with van der Waals surface area (Å²) in [6.45, 7) is 2.03. The van der Waals surface area contributed by atoms with Crippen LogP contribution in [0.3, 0.4) is 0 Å². The molecule has 0 radical (unpaired) electrons. The Morgan fingerprint density at radius 1 is 1.14 bits per heavy atom. The van der Waals surface area contributed by atoms with E-state index < -0.39 is 12.1 Å². The van der Waals surface area contributed by atoms with E-state index in [1.54, 1.807) is 30.3 Å². The molecule has 2 aromatic rings. The minimum atomic E-state index is -4.89. The summed E-state index contributed by atoms with van der Waals surface area (Å²) in [6, 6.07) is 11.4. The maximum atomic E-state index is 12.9. The van der Waals surface area contributed by atoms with Crippen molar-refractivity contribution in [3.8, 4) is 11.5 Å². The van der Waals surface area contributed by atoms with E-state index in [0.717, 1.165) is 43.0 Å². The van der Waals surface area contributed by atoms with E-state index in [0.29, 0.717) is 23.3 Å². The van der Waals surface area contributed by atoms with Gasteiger partial charge in [0, 0.05) is 17.2 Å². The molecule has 1 atom stereocenters. The van der Waals surface area contributed by atoms with Crippen molar-refractivity contribution in [1.82, 2.24) is 10.3 Å². The molecule has 2 amide bonds. The summed E-state index contributed by atoms with van der Waals surface area (Å²) >= 11 is 1.07. The number of nitrogens with zero attached hydrogens (tertiary/aromatic N) is 2. The standard InChI is InChI=1S/C26H28F3N3O4S/c1-3-22-23(18-12-13-20(35-2)21(14-18)36-26(27,28)29)31-32(25(34)37-22)15-16-8-10-17(11-9-16)24(33)30-19-6-4-5-7-19/h8-14,19,22H,3-7,15H2,1-2H3,(H,30,33). The molecule has 2 aromatic carbocycles. The molecule has 1 heterocycles. The molecular weight excluding hydrogens is 507 g/mol. The first-order valence-electron chi connectivity index (χ1n) is 12.1. The Bertz CT molecular complexity index is 1160. The second-order valence-electron chi connectivity index (χ2n) is 8.89. The Labute approximate surface area is 217 Å². The van der Waals surface area contributed by atoms with Gasteiger partial charge >= 0.3 is 11.6 Å². The fraction of sp³-hybridized carbons (Fsp3) is 0.423. The van der Waals surface area contributed by atoms with Crippen LogP contribution in [0.1, 0.15) is 60.5 Å². The molecule has 0 bridgehead atoms. The zero-order valence-electron chi connectivity index (χ0n) is 20.5. The fourth-order valence-corrected chi connectivity index (χ4v) is 5.34. The number of hydrazone groups is 1. The predicted octanol–water partition coefficient (Wildman–Crippen LogP) is 6.12. The molecule has 1 aliphatic heterocycles. The molecule has 1 fully saturated rings. The van der Waals surface area contributed by atoms with Crippen molar-refractivity contribution in [3.63, 3.8) is 0 Å². The Morgan fingerprint density at radius 2 is 1.84 bits per heavy atom. The van der Waals surface area contributed by atoms with Gasteiger partial charge in [0.2, 0.25) is 0 Å². The number of rotatable bonds is 8. The van der Waals surface area contributed by atoms with Crippen LogP contribution in [0.5, 0.6) is 11.5 Å². The Kier molecular flexibility index (Phi) is 8.31. The molecule has 0 aromatic heterocycles. The van der Waals surface area contributed by atoms with Gasteiger partial charge in [-0.3, -0.25) is 9.59 Å². The normalized spacial score (nSPS) is 18.5. The third-order valence-electron chi connectivity index (χ3n) is 6.28. The maximum Gasteiger partial charge on any atom is 0.573 e. The van der Waals surface area contributed by atoms with E-state index in [-0.39, 0.29) is 34.7 Å². The van der Waals surface area contributed by atoms with Crippen LogP contribution in [0, 0.1) is 0 Å². The number of halogens is 3. The van der Waals surface area contributed by atoms with E-state index >= 15 is 0 Å². The molecule has 0 saturated heterocycles. The molecule has 1 unspecified atom stereocenters. The second-order valence-corrected chi connectivity index (χ2v) is 10.0. The number of carbonyl (C=O) groups is 2. The zero-order valence-corrected chi connectivity index (χ0v) is 21.3. The number of ether oxygens (including phenoxy) is 2. The first-order valence-corrected chi connectivity index (χ1v) is 13.0. The summed E-state index contributed by atoms with van der Waals surface area (Å²) < 4.78 is 47.9. The largest absolute Gasteiger partial charge is 0.573 e. The van der Waals surface area contributed by atoms with Gasteiger partial charge in [-0.05, 0) is 55.2 Å². The van der Waals surface area contributed by atoms with Crippen molar-refractivity contribution in [1.29, 1.82) is 0 Å². The number of nitrogens with one attached hydrogen (secondary N) is 1. The van der Waals surface area contributed by atoms with E-state index in [2.05, 4.69) is 15.2 Å². The minimum absolute atomic E-state index is 0.0665. The van der Waals surface area contributed by atoms with Gasteiger partial charge in [0.05, 0.1) is 24.6 Å². The molecule has 37 heavy (non-hydrogen) atoms. The van der Waals surface area contributed by atoms with Crippen LogP contribution in [-0.4, -0.2) is 46.6 Å². The van der Waals surface area contributed by atoms with Gasteiger partial charge in [-0.25, -0.2) is 5.01 Å². The highest BCUT2D eigenvalue weighted by Gasteiger charge is 2.34. The summed E-state index contributed by atoms with van der Waals surface area (Å²) in [7, 11) is 1.26. The van der Waals surface area contributed by atoms with Gasteiger partial charge in [-0.1, -0.05) is 43.7 Å². The molecule has 11 heteroatoms. The van der Waals surface area contributed by atoms with Crippen molar-refractivity contribution in [2.24, 2.45) is 5.10 Å². The van der Waals surface area contributed by atoms with Crippen molar-refractivity contribution >= 4 is 28.6 Å². The SMILES string of the molecule is CCC1SC(=O)N(Cc2ccc(C(=O)NC3CCCC3)cc2)N=C1c1ccc(OC)c(OC(F)(F)F)c1. The Balaban J connectivity index is 1.54. The van der Waals surface area contributed by atoms with Gasteiger partial charge in [-0.15, -0.1) is 13.2 Å². The Hall–Kier alpha value is -3.21. The van der Waals surface area contributed by atoms with Crippen LogP contribution in [0.4, 0.5) is 18.0 Å². The number of carbonyl (C=O) groups excluding carboxylic acids is 2. The van der Waals surface area contributed by atoms with Gasteiger partial charge in [0.15, 0.2) is 11.5 Å². The summed E-state index contributed by atoms with van der Waals surface area (Å²) in [6.07, 6.45) is -0.0945. The number of thioether (sulfide) groups is 1. The Morgan fingerprint density at radius 3 is 2.46 bits per heavy atom. The fourth-order valence-electron chi connectivity index (χ4n) is 4.41. The third-order valence-corrected chi connectivity index (χ3v) is 7.54. The van der Waals surface area contributed by atoms with E-state index in [4.69, 9.17) is 4.74 Å². The monoisotopic (exact) mass is 535 g/mol. The van der Waals surface area contributed by atoms with Crippen molar-refractivity contribution in [3.05, 3.63) is 59.2 Å². The summed E-state index contributed by atoms with van der Waals surface area (Å²) in [5, 5.41) is 8.25. The van der Waals surface area contributed by atoms with E-state index in [1.807, 2.05) is 6.92 Å². The lowest BCUT2D eigenvalue weighted by Gasteiger charge is -2.28. The molecular formula is C26H28F3N3O4S. The lowest BCUT2D eigenvalue weighted by Crippen LogP contribution is -2.35. The lowest BCUT2D eigenvalue weighted by atomic mass is 10.0. The number of hydrogen-bond donors (Lipinski definition) is 1. The van der Waals surface area contributed by atoms with Gasteiger partial charge < -0.3 is 14.8 Å². The third kappa shape index (κ3) is 6.76. The van der Waals surface area contributed by atoms with E-state index in [9.17, 15) is 22.8 Å². The first-order chi connectivity index (χ1) is 17.7. The average molecular weight is 536 g/mol. The van der Waals surface area contributed by atoms with E-state index in [1.165, 1.54) is 24.3 Å². The number of amides is 2. The van der Waals surface area contributed by atoms with Crippen LogP contribution >= 0.6 is 11.8 Å². The molecule has 7 nitrogen and oxygen atoms in total. The van der Waals surface area contributed by atoms with Crippen LogP contribution in [0.15, 0.2) is 47.6 Å². The van der Waals surface area contributed by atoms with Crippen LogP contribution in [0.25, 0.3) is 0 Å². The first kappa shape index (κ1) is 26.8. The van der Waals surface area contributed by atoms with Gasteiger partial charge in [-0.2, -0.15) is 5.10 Å². The molecule has 1 aliphatic carbocycles. The highest BCUT2D eigenvalue weighted by atomic mass is 32.2. The smallest absolute Gasteiger partial charge is 0.493 e. The number of benzene rings is 2. The molecule has 0 spiro atoms. The van der Waals surface area contributed by atoms with Crippen LogP contribution in [0.2, 0.25) is 0 Å². The molecule has 198 valence electrons. The predicted molar refractivity (Wildman–Crippen MR) is 135 cm³/mol. The maximum absolute atomic E-state index is 12.9. The molecule has 4 rings (SSSR count). The van der Waals surface area contributed by atoms with Crippen molar-refractivity contribution in [2.75, 3.05) is 7.11 Å². The second kappa shape index (κ2) is 11.5. The molecule has 2 aliphatic rings. The van der Waals surface area contributed by atoms with Crippen molar-refractivity contribution < 1.29 is 32.2 Å². The number of alkyl halides is 3. The lowest BCUT2D eigenvalue weighted by molar-refractivity contribution is -0.275. The summed E-state index contributed by atoms with van der Waals surface area (Å²) in [4.78, 5) is 25.3. The highest BCUT2D eigenvalue weighted by Crippen LogP contribution is 2.36. The summed E-state index contributed by atoms with van der Waals surface area (Å²) in [5.41, 5.74) is 2.17. The van der Waals surface area contributed by atoms with Gasteiger partial charge in [0.25, 0.3) is 5.91 Å². The molecule has 1 N–H and O–H groups in total. The topological polar surface area (TPSA) is 80.2 Å². The van der Waals surface area contributed by atoms with Crippen LogP contribution < -0.4 is 14.8 Å². The quantitative estimate of drug-likeness (QED) is 0.441. The number of hydrogen-bond acceptors (Lipinski definition) is 6.